The van der Waals surface area contributed by atoms with Crippen LogP contribution in [0.15, 0.2) is 140 Å². The molecule has 0 amide bonds. The smallest absolute Gasteiger partial charge is 0.177 e. The Labute approximate surface area is 868 Å². The highest BCUT2D eigenvalue weighted by atomic mass is 35.5. The number of aliphatic imine (C=N–C) groups is 1. The van der Waals surface area contributed by atoms with Gasteiger partial charge in [-0.2, -0.15) is 15.3 Å². The lowest BCUT2D eigenvalue weighted by atomic mass is 10.1. The molecule has 776 valence electrons. The molecule has 4 aliphatic carbocycles. The van der Waals surface area contributed by atoms with Crippen molar-refractivity contribution in [1.82, 2.24) is 77.9 Å². The van der Waals surface area contributed by atoms with Crippen LogP contribution in [0.25, 0.3) is 33.5 Å². The van der Waals surface area contributed by atoms with Gasteiger partial charge in [0.05, 0.1) is 164 Å². The first-order valence-electron chi connectivity index (χ1n) is 50.1. The monoisotopic (exact) mass is 2130 g/mol. The van der Waals surface area contributed by atoms with Gasteiger partial charge in [-0.15, -0.1) is 0 Å². The molecule has 0 spiro atoms. The molecule has 147 heavy (non-hydrogen) atoms. The number of hydrogen-bond donors (Lipinski definition) is 5. The van der Waals surface area contributed by atoms with Crippen LogP contribution in [-0.2, 0) is 126 Å². The number of anilines is 8. The van der Waals surface area contributed by atoms with Crippen LogP contribution in [0.2, 0.25) is 15.3 Å². The van der Waals surface area contributed by atoms with E-state index in [0.717, 1.165) is 250 Å². The minimum Gasteiger partial charge on any atom is -0.398 e. The summed E-state index contributed by atoms with van der Waals surface area (Å²) in [5, 5.41) is 24.9. The Balaban J connectivity index is 0.000000113. The Bertz CT molecular complexity index is 7840. The lowest BCUT2D eigenvalue weighted by Crippen LogP contribution is -2.19. The highest BCUT2D eigenvalue weighted by Gasteiger charge is 2.35. The topological polar surface area (TPSA) is 451 Å². The van der Waals surface area contributed by atoms with E-state index < -0.39 is 39.3 Å². The van der Waals surface area contributed by atoms with Crippen LogP contribution in [-0.4, -0.2) is 182 Å². The number of nitrogens with two attached hydrogens (primary N) is 2. The van der Waals surface area contributed by atoms with E-state index in [4.69, 9.17) is 110 Å². The van der Waals surface area contributed by atoms with Crippen molar-refractivity contribution in [3.8, 4) is 0 Å². The molecule has 14 aromatic rings. The van der Waals surface area contributed by atoms with Gasteiger partial charge in [-0.1, -0.05) is 59.1 Å². The third kappa shape index (κ3) is 24.1. The van der Waals surface area contributed by atoms with Crippen LogP contribution in [0.5, 0.6) is 0 Å². The van der Waals surface area contributed by atoms with Gasteiger partial charge in [0.2, 0.25) is 0 Å². The zero-order valence-corrected chi connectivity index (χ0v) is 88.9. The van der Waals surface area contributed by atoms with Gasteiger partial charge in [-0.05, 0) is 262 Å². The first-order valence-corrected chi connectivity index (χ1v) is 58.8. The van der Waals surface area contributed by atoms with E-state index in [2.05, 4.69) is 52.7 Å². The summed E-state index contributed by atoms with van der Waals surface area (Å²) >= 11 is 18.5. The molecule has 3 saturated heterocycles. The maximum absolute atomic E-state index is 12.9. The van der Waals surface area contributed by atoms with Gasteiger partial charge in [0.15, 0.2) is 56.3 Å². The van der Waals surface area contributed by atoms with Crippen molar-refractivity contribution in [3.63, 3.8) is 0 Å². The number of pyridine rings is 4. The Hall–Kier alpha value is -11.4. The molecule has 7 N–H and O–H groups in total. The average Bonchev–Trinajstić information content (AvgIpc) is 1.60. The summed E-state index contributed by atoms with van der Waals surface area (Å²) < 4.78 is 145. The van der Waals surface area contributed by atoms with Gasteiger partial charge in [-0.3, -0.25) is 37.7 Å². The van der Waals surface area contributed by atoms with Crippen LogP contribution < -0.4 is 27.4 Å². The van der Waals surface area contributed by atoms with E-state index in [1.54, 1.807) is 30.3 Å². The minimum atomic E-state index is -3.46. The Kier molecular flexibility index (Phi) is 30.0. The maximum atomic E-state index is 12.9. The van der Waals surface area contributed by atoms with Crippen molar-refractivity contribution in [3.05, 3.63) is 216 Å². The Morgan fingerprint density at radius 1 is 0.367 bits per heavy atom. The van der Waals surface area contributed by atoms with Crippen LogP contribution >= 0.6 is 34.8 Å². The van der Waals surface area contributed by atoms with Gasteiger partial charge in [-0.25, -0.2) is 63.6 Å². The molecule has 0 bridgehead atoms. The minimum absolute atomic E-state index is 0.00853. The third-order valence-corrected chi connectivity index (χ3v) is 33.0. The summed E-state index contributed by atoms with van der Waals surface area (Å²) in [4.78, 5) is 38.8. The van der Waals surface area contributed by atoms with E-state index in [1.165, 1.54) is 25.0 Å². The molecule has 3 atom stereocenters. The molecule has 3 unspecified atom stereocenters. The number of nitrogens with one attached hydrogen (secondary N) is 3. The Morgan fingerprint density at radius 3 is 1.14 bits per heavy atom. The number of aromatic nitrogens is 16. The van der Waals surface area contributed by atoms with Gasteiger partial charge in [0, 0.05) is 87.6 Å². The number of sulfone groups is 4. The molecule has 11 aliphatic rings. The van der Waals surface area contributed by atoms with Crippen molar-refractivity contribution in [2.75, 3.05) is 92.1 Å². The molecular formula is C104H121Cl3N22O14S4. The molecular weight excluding hydrogens is 2020 g/mol. The van der Waals surface area contributed by atoms with E-state index in [9.17, 15) is 33.7 Å². The second-order valence-electron chi connectivity index (χ2n) is 39.7. The predicted molar refractivity (Wildman–Crippen MR) is 565 cm³/mol. The van der Waals surface area contributed by atoms with Gasteiger partial charge in [0.1, 0.15) is 74.5 Å². The van der Waals surface area contributed by atoms with Crippen molar-refractivity contribution in [2.24, 2.45) is 4.99 Å². The zero-order valence-electron chi connectivity index (χ0n) is 83.4. The number of halogens is 3. The van der Waals surface area contributed by atoms with Crippen molar-refractivity contribution >= 4 is 165 Å². The van der Waals surface area contributed by atoms with E-state index >= 15 is 0 Å². The van der Waals surface area contributed by atoms with E-state index in [-0.39, 0.29) is 28.5 Å². The summed E-state index contributed by atoms with van der Waals surface area (Å²) in [5.74, 6) is 4.98. The van der Waals surface area contributed by atoms with Gasteiger partial charge >= 0.3 is 0 Å². The molecule has 25 rings (SSSR count). The zero-order chi connectivity index (χ0) is 103. The van der Waals surface area contributed by atoms with E-state index in [0.29, 0.717) is 182 Å². The number of rotatable bonds is 21. The number of aryl methyl sites for hydroxylation is 3. The SMILES string of the molecule is CC1=Nc2c(Nc3ccc(C4CC4)cc3S(C)(=O)=O)cc(Cc3cc4n(n3)CCOC4)nc2C1.CS(=O)(=O)c1cc(C2CC2)ccc1N.Cc1nc2c(Cl)cc(Cl)nc2n1C1CCCCO1.Cc1nc2c(Nc3ccc(C4CC4)cc3S(C)(=O)=O)cc(Cc3cc4n(n3)CCOC4)nc2n1C1CCCCO1.Cc1nc2c(Nc3ccc(C4CC4)cc3S(C)(=O)=O)cc(Cl)nc2n1C1CCCCO1.Nc1cc2n(n1)CCOC2. The standard InChI is InChI=1S/C29H34N6O4S.C25H27N5O3S.C22H25ClN4O3S.C12H13Cl2N3O.C10H13NO2S.C6H9N3O/c1-18-30-28-25(32-24-9-8-20(19-6-7-19)13-26(24)40(2,36)37)16-21(14-22-15-23-17-38-12-10-34(23)33-22)31-29(28)35(18)27-5-3-4-11-39-27;1-15-9-22-25(26-15)23(13-18(27-22)11-19-12-20-14-33-8-7-30(20)29-19)28-21-6-5-17(16-3-4-16)10-24(21)34(2,31)32;1-13-24-21-17(12-19(23)26-22(21)27(13)20-5-3-4-10-30-20)25-16-9-8-15(14-6-7-14)11-18(16)31(2,28)29;1-7-15-11-8(13)6-9(14)16-12(11)17(7)10-4-2-3-5-18-10;1-14(12,13)10-6-8(7-2-3-7)4-5-9(10)11;7-6-3-5-4-10-2-1-9(5)8-6/h8-9,13,15-16,19,27H,3-7,10-12,14,17H2,1-2H3,(H,31,32);5-6,10,12-13,16H,3-4,7-9,11,14H2,1-2H3,(H,27,28);8-9,11-12,14,20H,3-7,10H2,1-2H3,(H,25,26);6,10H,2-5H2,1H3;4-7H,2-3,11H2,1H3;3H,1-2,4H2,(H2,7,8). The van der Waals surface area contributed by atoms with Crippen LogP contribution in [0.3, 0.4) is 0 Å². The lowest BCUT2D eigenvalue weighted by molar-refractivity contribution is -0.0310. The van der Waals surface area contributed by atoms with Crippen LogP contribution in [0.4, 0.5) is 51.3 Å². The fraction of sp³-hybridized carbons (Fsp3) is 0.452. The molecule has 4 saturated carbocycles. The number of nitrogen functional groups attached to an aromatic ring is 2. The molecule has 10 aromatic heterocycles. The molecule has 17 heterocycles. The van der Waals surface area contributed by atoms with E-state index in [1.807, 2.05) is 124 Å². The summed E-state index contributed by atoms with van der Waals surface area (Å²) in [6, 6.07) is 35.6. The number of hydrogen-bond acceptors (Lipinski definition) is 30. The Morgan fingerprint density at radius 2 is 0.735 bits per heavy atom. The molecule has 7 fully saturated rings. The van der Waals surface area contributed by atoms with Crippen molar-refractivity contribution in [2.45, 2.75) is 258 Å². The third-order valence-electron chi connectivity index (χ3n) is 27.8. The first kappa shape index (κ1) is 103. The summed E-state index contributed by atoms with van der Waals surface area (Å²) in [5.41, 5.74) is 33.0. The number of imidazole rings is 3. The summed E-state index contributed by atoms with van der Waals surface area (Å²) in [6.45, 7) is 16.2. The maximum Gasteiger partial charge on any atom is 0.177 e. The second-order valence-corrected chi connectivity index (χ2v) is 48.9. The summed E-state index contributed by atoms with van der Waals surface area (Å²) in [7, 11) is -13.5. The van der Waals surface area contributed by atoms with Crippen molar-refractivity contribution in [1.29, 1.82) is 0 Å². The van der Waals surface area contributed by atoms with Crippen molar-refractivity contribution < 1.29 is 62.1 Å². The highest BCUT2D eigenvalue weighted by molar-refractivity contribution is 7.91. The molecule has 0 radical (unpaired) electrons. The number of fused-ring (bicyclic) bond motifs is 7. The lowest BCUT2D eigenvalue weighted by Gasteiger charge is -2.25. The summed E-state index contributed by atoms with van der Waals surface area (Å²) in [6.07, 6.45) is 24.8. The normalized spacial score (nSPS) is 18.7. The van der Waals surface area contributed by atoms with Gasteiger partial charge < -0.3 is 55.8 Å². The fourth-order valence-electron chi connectivity index (χ4n) is 19.9. The molecule has 36 nitrogen and oxygen atoms in total. The van der Waals surface area contributed by atoms with Crippen LogP contribution in [0, 0.1) is 20.8 Å². The largest absolute Gasteiger partial charge is 0.398 e. The first-order chi connectivity index (χ1) is 70.5. The predicted octanol–water partition coefficient (Wildman–Crippen LogP) is 19.3. The van der Waals surface area contributed by atoms with Crippen LogP contribution in [0.1, 0.15) is 244 Å². The highest BCUT2D eigenvalue weighted by Crippen LogP contribution is 2.49. The number of benzene rings is 4. The number of ether oxygens (including phenoxy) is 6. The number of nitrogens with zero attached hydrogens (tertiary/aromatic N) is 17. The molecule has 43 heteroatoms. The molecule has 7 aliphatic heterocycles. The average molecular weight is 2140 g/mol. The molecule has 4 aromatic carbocycles. The fourth-order valence-corrected chi connectivity index (χ4v) is 24.0. The quantitative estimate of drug-likeness (QED) is 0.0329. The second kappa shape index (κ2) is 42.9. The van der Waals surface area contributed by atoms with Gasteiger partial charge in [0.25, 0.3) is 0 Å².